The van der Waals surface area contributed by atoms with Gasteiger partial charge < -0.3 is 9.64 Å². The number of rotatable bonds is 3. The number of allylic oxidation sites excluding steroid dienone is 3. The standard InChI is InChI=1S/C26H33ClN2O2/c1-17-5-4-8-26(3)15-24-20(14-22(17)26)21(25(30)31-24)16-28-9-11-29(12-10-28)23-13-19(27)7-6-18(23)2/h5-7,13-14,20-21,24H,4,8-12,15-16H2,1-3H3. The van der Waals surface area contributed by atoms with Gasteiger partial charge in [0.1, 0.15) is 6.10 Å². The number of ether oxygens (including phenoxy) is 1. The maximum absolute atomic E-state index is 12.9. The molecule has 2 aliphatic carbocycles. The Morgan fingerprint density at radius 2 is 1.97 bits per heavy atom. The summed E-state index contributed by atoms with van der Waals surface area (Å²) < 4.78 is 5.93. The molecule has 2 fully saturated rings. The molecule has 4 nitrogen and oxygen atoms in total. The van der Waals surface area contributed by atoms with Crippen molar-refractivity contribution in [3.8, 4) is 0 Å². The number of anilines is 1. The van der Waals surface area contributed by atoms with Crippen LogP contribution in [0.5, 0.6) is 0 Å². The Labute approximate surface area is 190 Å². The monoisotopic (exact) mass is 440 g/mol. The Kier molecular flexibility index (Phi) is 5.42. The molecule has 2 saturated heterocycles. The molecule has 0 N–H and O–H groups in total. The van der Waals surface area contributed by atoms with Gasteiger partial charge >= 0.3 is 5.97 Å². The number of carbonyl (C=O) groups excluding carboxylic acids is 1. The van der Waals surface area contributed by atoms with Gasteiger partial charge in [-0.25, -0.2) is 0 Å². The van der Waals surface area contributed by atoms with E-state index >= 15 is 0 Å². The van der Waals surface area contributed by atoms with Crippen molar-refractivity contribution in [2.45, 2.75) is 46.1 Å². The van der Waals surface area contributed by atoms with Crippen LogP contribution in [0.3, 0.4) is 0 Å². The lowest BCUT2D eigenvalue weighted by atomic mass is 9.62. The molecule has 0 bridgehead atoms. The second kappa shape index (κ2) is 7.97. The van der Waals surface area contributed by atoms with Crippen molar-refractivity contribution in [1.29, 1.82) is 0 Å². The lowest BCUT2D eigenvalue weighted by Gasteiger charge is -2.43. The van der Waals surface area contributed by atoms with E-state index in [0.717, 1.165) is 57.0 Å². The lowest BCUT2D eigenvalue weighted by Crippen LogP contribution is -2.49. The van der Waals surface area contributed by atoms with Crippen LogP contribution in [0.15, 0.2) is 41.5 Å². The molecule has 5 heteroatoms. The molecular weight excluding hydrogens is 408 g/mol. The molecule has 5 rings (SSSR count). The minimum Gasteiger partial charge on any atom is -0.461 e. The number of fused-ring (bicyclic) bond motifs is 2. The fourth-order valence-electron chi connectivity index (χ4n) is 6.21. The average molecular weight is 441 g/mol. The number of piperazine rings is 1. The highest BCUT2D eigenvalue weighted by atomic mass is 35.5. The first kappa shape index (κ1) is 21.1. The van der Waals surface area contributed by atoms with Crippen LogP contribution in [0.4, 0.5) is 5.69 Å². The van der Waals surface area contributed by atoms with E-state index in [2.05, 4.69) is 54.9 Å². The Balaban J connectivity index is 1.28. The summed E-state index contributed by atoms with van der Waals surface area (Å²) in [5, 5.41) is 0.784. The topological polar surface area (TPSA) is 32.8 Å². The SMILES string of the molecule is CC1=CCCC2(C)CC3OC(=O)C(CN4CCN(c5cc(Cl)ccc5C)CC4)C3C=C12. The van der Waals surface area contributed by atoms with E-state index in [4.69, 9.17) is 16.3 Å². The van der Waals surface area contributed by atoms with E-state index in [1.54, 1.807) is 0 Å². The zero-order valence-electron chi connectivity index (χ0n) is 18.9. The molecule has 2 aliphatic heterocycles. The first-order chi connectivity index (χ1) is 14.8. The van der Waals surface area contributed by atoms with Crippen molar-refractivity contribution in [2.75, 3.05) is 37.6 Å². The Bertz CT molecular complexity index is 947. The quantitative estimate of drug-likeness (QED) is 0.619. The van der Waals surface area contributed by atoms with E-state index < -0.39 is 0 Å². The van der Waals surface area contributed by atoms with Gasteiger partial charge in [0.2, 0.25) is 0 Å². The molecule has 4 aliphatic rings. The van der Waals surface area contributed by atoms with Gasteiger partial charge in [-0.3, -0.25) is 9.69 Å². The highest BCUT2D eigenvalue weighted by molar-refractivity contribution is 6.30. The summed E-state index contributed by atoms with van der Waals surface area (Å²) in [6, 6.07) is 6.10. The number of hydrogen-bond donors (Lipinski definition) is 0. The first-order valence-electron chi connectivity index (χ1n) is 11.7. The predicted molar refractivity (Wildman–Crippen MR) is 126 cm³/mol. The molecule has 0 amide bonds. The summed E-state index contributed by atoms with van der Waals surface area (Å²) in [5.74, 6) is 0.172. The minimum atomic E-state index is -0.0452. The summed E-state index contributed by atoms with van der Waals surface area (Å²) in [4.78, 5) is 17.7. The number of esters is 1. The molecule has 2 heterocycles. The molecule has 4 atom stereocenters. The van der Waals surface area contributed by atoms with Gasteiger partial charge in [-0.05, 0) is 61.8 Å². The third-order valence-electron chi connectivity index (χ3n) is 8.04. The number of nitrogens with zero attached hydrogens (tertiary/aromatic N) is 2. The van der Waals surface area contributed by atoms with E-state index in [0.29, 0.717) is 0 Å². The zero-order valence-corrected chi connectivity index (χ0v) is 19.6. The summed E-state index contributed by atoms with van der Waals surface area (Å²) in [7, 11) is 0. The third-order valence-corrected chi connectivity index (χ3v) is 8.27. The van der Waals surface area contributed by atoms with Crippen LogP contribution in [-0.2, 0) is 9.53 Å². The molecule has 0 aromatic heterocycles. The van der Waals surface area contributed by atoms with E-state index in [1.807, 2.05) is 6.07 Å². The summed E-state index contributed by atoms with van der Waals surface area (Å²) in [6.07, 6.45) is 8.07. The number of halogens is 1. The van der Waals surface area contributed by atoms with E-state index in [-0.39, 0.29) is 29.3 Å². The van der Waals surface area contributed by atoms with Gasteiger partial charge in [0.25, 0.3) is 0 Å². The number of benzene rings is 1. The lowest BCUT2D eigenvalue weighted by molar-refractivity contribution is -0.145. The van der Waals surface area contributed by atoms with Gasteiger partial charge in [-0.15, -0.1) is 0 Å². The van der Waals surface area contributed by atoms with Gasteiger partial charge in [-0.2, -0.15) is 0 Å². The third kappa shape index (κ3) is 3.82. The fraction of sp³-hybridized carbons (Fsp3) is 0.577. The van der Waals surface area contributed by atoms with Crippen LogP contribution in [0.1, 0.15) is 38.7 Å². The molecule has 1 aromatic carbocycles. The Hall–Kier alpha value is -1.78. The predicted octanol–water partition coefficient (Wildman–Crippen LogP) is 5.00. The van der Waals surface area contributed by atoms with Crippen molar-refractivity contribution in [2.24, 2.45) is 17.3 Å². The minimum absolute atomic E-state index is 0.00356. The van der Waals surface area contributed by atoms with Gasteiger partial charge in [0.05, 0.1) is 5.92 Å². The van der Waals surface area contributed by atoms with Gasteiger partial charge in [0.15, 0.2) is 0 Å². The summed E-state index contributed by atoms with van der Waals surface area (Å²) in [6.45, 7) is 11.3. The fourth-order valence-corrected chi connectivity index (χ4v) is 6.38. The van der Waals surface area contributed by atoms with Crippen molar-refractivity contribution >= 4 is 23.3 Å². The van der Waals surface area contributed by atoms with E-state index in [1.165, 1.54) is 22.4 Å². The number of carbonyl (C=O) groups is 1. The molecule has 31 heavy (non-hydrogen) atoms. The zero-order chi connectivity index (χ0) is 21.8. The second-order valence-electron chi connectivity index (χ2n) is 10.1. The largest absolute Gasteiger partial charge is 0.461 e. The van der Waals surface area contributed by atoms with Crippen molar-refractivity contribution in [1.82, 2.24) is 4.90 Å². The summed E-state index contributed by atoms with van der Waals surface area (Å²) in [5.41, 5.74) is 5.51. The molecular formula is C26H33ClN2O2. The van der Waals surface area contributed by atoms with Crippen LogP contribution < -0.4 is 4.90 Å². The normalized spacial score (nSPS) is 33.4. The van der Waals surface area contributed by atoms with E-state index in [9.17, 15) is 4.79 Å². The Morgan fingerprint density at radius 1 is 1.19 bits per heavy atom. The first-order valence-corrected chi connectivity index (χ1v) is 12.1. The Morgan fingerprint density at radius 3 is 2.74 bits per heavy atom. The highest BCUT2D eigenvalue weighted by Gasteiger charge is 2.51. The smallest absolute Gasteiger partial charge is 0.311 e. The van der Waals surface area contributed by atoms with Crippen molar-refractivity contribution in [3.63, 3.8) is 0 Å². The van der Waals surface area contributed by atoms with Gasteiger partial charge in [0, 0.05) is 49.4 Å². The van der Waals surface area contributed by atoms with Crippen molar-refractivity contribution in [3.05, 3.63) is 52.1 Å². The molecule has 0 saturated carbocycles. The van der Waals surface area contributed by atoms with Crippen LogP contribution in [-0.4, -0.2) is 49.7 Å². The second-order valence-corrected chi connectivity index (χ2v) is 10.6. The van der Waals surface area contributed by atoms with Gasteiger partial charge in [-0.1, -0.05) is 42.3 Å². The molecule has 0 radical (unpaired) electrons. The average Bonchev–Trinajstić information content (AvgIpc) is 3.02. The van der Waals surface area contributed by atoms with Crippen molar-refractivity contribution < 1.29 is 9.53 Å². The maximum Gasteiger partial charge on any atom is 0.311 e. The molecule has 1 aromatic rings. The highest BCUT2D eigenvalue weighted by Crippen LogP contribution is 2.52. The summed E-state index contributed by atoms with van der Waals surface area (Å²) >= 11 is 6.23. The number of hydrogen-bond acceptors (Lipinski definition) is 4. The molecule has 0 spiro atoms. The maximum atomic E-state index is 12.9. The van der Waals surface area contributed by atoms with Crippen LogP contribution in [0.25, 0.3) is 0 Å². The van der Waals surface area contributed by atoms with Crippen LogP contribution in [0, 0.1) is 24.2 Å². The molecule has 4 unspecified atom stereocenters. The van der Waals surface area contributed by atoms with Crippen LogP contribution >= 0.6 is 11.6 Å². The molecule has 166 valence electrons. The number of aryl methyl sites for hydroxylation is 1. The van der Waals surface area contributed by atoms with Crippen LogP contribution in [0.2, 0.25) is 5.02 Å².